The number of aliphatic hydroxyl groups is 1. The molecule has 0 amide bonds. The molecule has 0 bridgehead atoms. The Labute approximate surface area is 77.7 Å². The summed E-state index contributed by atoms with van der Waals surface area (Å²) < 4.78 is 0. The van der Waals surface area contributed by atoms with Gasteiger partial charge in [0.05, 0.1) is 6.61 Å². The summed E-state index contributed by atoms with van der Waals surface area (Å²) in [7, 11) is 0. The average Bonchev–Trinajstić information content (AvgIpc) is 2.03. The topological polar surface area (TPSA) is 23.5 Å². The first-order chi connectivity index (χ1) is 5.24. The monoisotopic (exact) mass is 223 g/mol. The van der Waals surface area contributed by atoms with E-state index in [9.17, 15) is 0 Å². The Morgan fingerprint density at radius 1 is 1.55 bits per heavy atom. The standard InChI is InChI=1S/C8H18BrNO/c1-3-10(4-5-11)7-8(2)6-9/h8,11H,3-7H2,1-2H3. The minimum Gasteiger partial charge on any atom is -0.395 e. The van der Waals surface area contributed by atoms with Gasteiger partial charge in [0.15, 0.2) is 0 Å². The quantitative estimate of drug-likeness (QED) is 0.688. The van der Waals surface area contributed by atoms with Crippen molar-refractivity contribution in [2.24, 2.45) is 5.92 Å². The van der Waals surface area contributed by atoms with Crippen molar-refractivity contribution in [3.63, 3.8) is 0 Å². The summed E-state index contributed by atoms with van der Waals surface area (Å²) in [4.78, 5) is 2.26. The SMILES string of the molecule is CCN(CCO)CC(C)CBr. The highest BCUT2D eigenvalue weighted by atomic mass is 79.9. The van der Waals surface area contributed by atoms with Gasteiger partial charge >= 0.3 is 0 Å². The average molecular weight is 224 g/mol. The van der Waals surface area contributed by atoms with Gasteiger partial charge < -0.3 is 10.0 Å². The van der Waals surface area contributed by atoms with E-state index < -0.39 is 0 Å². The Hall–Kier alpha value is 0.400. The zero-order valence-corrected chi connectivity index (χ0v) is 8.97. The van der Waals surface area contributed by atoms with E-state index in [0.717, 1.165) is 25.0 Å². The number of rotatable bonds is 6. The highest BCUT2D eigenvalue weighted by Crippen LogP contribution is 2.02. The maximum Gasteiger partial charge on any atom is 0.0558 e. The van der Waals surface area contributed by atoms with Crippen LogP contribution in [0, 0.1) is 5.92 Å². The Morgan fingerprint density at radius 3 is 2.55 bits per heavy atom. The van der Waals surface area contributed by atoms with Gasteiger partial charge in [-0.15, -0.1) is 0 Å². The fourth-order valence-corrected chi connectivity index (χ4v) is 1.21. The molecule has 0 rings (SSSR count). The lowest BCUT2D eigenvalue weighted by atomic mass is 10.2. The summed E-state index contributed by atoms with van der Waals surface area (Å²) in [6, 6.07) is 0. The van der Waals surface area contributed by atoms with Crippen molar-refractivity contribution in [3.05, 3.63) is 0 Å². The Balaban J connectivity index is 3.49. The first kappa shape index (κ1) is 11.4. The number of hydrogen-bond acceptors (Lipinski definition) is 2. The fourth-order valence-electron chi connectivity index (χ4n) is 1.01. The van der Waals surface area contributed by atoms with Crippen LogP contribution >= 0.6 is 15.9 Å². The second kappa shape index (κ2) is 7.07. The number of nitrogens with zero attached hydrogens (tertiary/aromatic N) is 1. The Kier molecular flexibility index (Phi) is 7.33. The van der Waals surface area contributed by atoms with E-state index in [1.54, 1.807) is 0 Å². The summed E-state index contributed by atoms with van der Waals surface area (Å²) in [6.07, 6.45) is 0. The minimum atomic E-state index is 0.267. The third kappa shape index (κ3) is 5.65. The molecule has 0 radical (unpaired) electrons. The van der Waals surface area contributed by atoms with Crippen molar-refractivity contribution in [1.29, 1.82) is 0 Å². The predicted octanol–water partition coefficient (Wildman–Crippen LogP) is 1.33. The molecule has 2 nitrogen and oxygen atoms in total. The molecule has 0 saturated carbocycles. The molecule has 1 atom stereocenters. The molecule has 1 unspecified atom stereocenters. The van der Waals surface area contributed by atoms with E-state index in [4.69, 9.17) is 5.11 Å². The van der Waals surface area contributed by atoms with Crippen LogP contribution in [0.25, 0.3) is 0 Å². The van der Waals surface area contributed by atoms with Gasteiger partial charge in [-0.25, -0.2) is 0 Å². The van der Waals surface area contributed by atoms with Crippen molar-refractivity contribution < 1.29 is 5.11 Å². The maximum atomic E-state index is 8.70. The molecular formula is C8H18BrNO. The minimum absolute atomic E-state index is 0.267. The molecule has 0 aliphatic heterocycles. The first-order valence-electron chi connectivity index (χ1n) is 4.13. The van der Waals surface area contributed by atoms with E-state index in [-0.39, 0.29) is 6.61 Å². The highest BCUT2D eigenvalue weighted by molar-refractivity contribution is 9.09. The first-order valence-corrected chi connectivity index (χ1v) is 5.25. The molecule has 3 heteroatoms. The van der Waals surface area contributed by atoms with Crippen LogP contribution in [0.2, 0.25) is 0 Å². The van der Waals surface area contributed by atoms with Crippen LogP contribution in [0.5, 0.6) is 0 Å². The highest BCUT2D eigenvalue weighted by Gasteiger charge is 2.05. The summed E-state index contributed by atoms with van der Waals surface area (Å²) >= 11 is 3.43. The summed E-state index contributed by atoms with van der Waals surface area (Å²) in [5, 5.41) is 9.74. The zero-order valence-electron chi connectivity index (χ0n) is 7.39. The van der Waals surface area contributed by atoms with Crippen LogP contribution in [0.15, 0.2) is 0 Å². The van der Waals surface area contributed by atoms with Crippen LogP contribution in [-0.2, 0) is 0 Å². The van der Waals surface area contributed by atoms with Crippen molar-refractivity contribution in [1.82, 2.24) is 4.90 Å². The van der Waals surface area contributed by atoms with Crippen LogP contribution in [0.3, 0.4) is 0 Å². The zero-order chi connectivity index (χ0) is 8.69. The van der Waals surface area contributed by atoms with Gasteiger partial charge in [0, 0.05) is 18.4 Å². The normalized spacial score (nSPS) is 13.9. The molecule has 0 spiro atoms. The van der Waals surface area contributed by atoms with Crippen LogP contribution < -0.4 is 0 Å². The van der Waals surface area contributed by atoms with E-state index in [2.05, 4.69) is 34.7 Å². The van der Waals surface area contributed by atoms with Crippen LogP contribution in [0.1, 0.15) is 13.8 Å². The molecule has 1 N–H and O–H groups in total. The lowest BCUT2D eigenvalue weighted by molar-refractivity contribution is 0.189. The molecule has 0 aromatic carbocycles. The Morgan fingerprint density at radius 2 is 2.18 bits per heavy atom. The van der Waals surface area contributed by atoms with E-state index in [1.807, 2.05) is 0 Å². The second-order valence-corrected chi connectivity index (χ2v) is 3.52. The molecular weight excluding hydrogens is 206 g/mol. The molecule has 0 aliphatic carbocycles. The fraction of sp³-hybridized carbons (Fsp3) is 1.00. The maximum absolute atomic E-state index is 8.70. The summed E-state index contributed by atoms with van der Waals surface area (Å²) in [5.74, 6) is 0.668. The Bertz CT molecular complexity index is 90.2. The third-order valence-electron chi connectivity index (χ3n) is 1.70. The lowest BCUT2D eigenvalue weighted by Gasteiger charge is -2.21. The van der Waals surface area contributed by atoms with E-state index in [0.29, 0.717) is 5.92 Å². The van der Waals surface area contributed by atoms with Crippen molar-refractivity contribution >= 4 is 15.9 Å². The second-order valence-electron chi connectivity index (χ2n) is 2.88. The van der Waals surface area contributed by atoms with Gasteiger partial charge in [-0.05, 0) is 12.5 Å². The number of aliphatic hydroxyl groups excluding tert-OH is 1. The van der Waals surface area contributed by atoms with Crippen LogP contribution in [0.4, 0.5) is 0 Å². The lowest BCUT2D eigenvalue weighted by Crippen LogP contribution is -2.31. The number of halogens is 1. The van der Waals surface area contributed by atoms with Gasteiger partial charge in [0.2, 0.25) is 0 Å². The van der Waals surface area contributed by atoms with E-state index in [1.165, 1.54) is 0 Å². The molecule has 11 heavy (non-hydrogen) atoms. The largest absolute Gasteiger partial charge is 0.395 e. The van der Waals surface area contributed by atoms with Crippen LogP contribution in [-0.4, -0.2) is 41.6 Å². The van der Waals surface area contributed by atoms with Gasteiger partial charge in [-0.1, -0.05) is 29.8 Å². The number of alkyl halides is 1. The summed E-state index contributed by atoms with van der Waals surface area (Å²) in [6.45, 7) is 7.49. The molecule has 0 aromatic heterocycles. The van der Waals surface area contributed by atoms with Gasteiger partial charge in [-0.2, -0.15) is 0 Å². The number of hydrogen-bond donors (Lipinski definition) is 1. The number of likely N-dealkylation sites (N-methyl/N-ethyl adjacent to an activating group) is 1. The van der Waals surface area contributed by atoms with Crippen molar-refractivity contribution in [3.8, 4) is 0 Å². The molecule has 0 aromatic rings. The van der Waals surface area contributed by atoms with Crippen molar-refractivity contribution in [2.75, 3.05) is 31.6 Å². The van der Waals surface area contributed by atoms with Gasteiger partial charge in [-0.3, -0.25) is 0 Å². The van der Waals surface area contributed by atoms with Gasteiger partial charge in [0.25, 0.3) is 0 Å². The van der Waals surface area contributed by atoms with E-state index >= 15 is 0 Å². The molecule has 0 heterocycles. The molecule has 0 saturated heterocycles. The summed E-state index contributed by atoms with van der Waals surface area (Å²) in [5.41, 5.74) is 0. The third-order valence-corrected chi connectivity index (χ3v) is 2.80. The van der Waals surface area contributed by atoms with Gasteiger partial charge in [0.1, 0.15) is 0 Å². The molecule has 0 fully saturated rings. The smallest absolute Gasteiger partial charge is 0.0558 e. The predicted molar refractivity (Wildman–Crippen MR) is 52.2 cm³/mol. The molecule has 0 aliphatic rings. The molecule has 68 valence electrons. The van der Waals surface area contributed by atoms with Crippen molar-refractivity contribution in [2.45, 2.75) is 13.8 Å².